The number of carbonyl (C=O) groups is 1. The molecule has 2 amide bonds. The number of hydrogen-bond acceptors (Lipinski definition) is 3. The van der Waals surface area contributed by atoms with Crippen LogP contribution in [0.3, 0.4) is 0 Å². The summed E-state index contributed by atoms with van der Waals surface area (Å²) in [5.41, 5.74) is 1.90. The molecule has 1 aromatic rings. The average molecular weight is 319 g/mol. The summed E-state index contributed by atoms with van der Waals surface area (Å²) < 4.78 is 5.08. The maximum atomic E-state index is 12.1. The molecule has 0 aliphatic carbocycles. The van der Waals surface area contributed by atoms with E-state index < -0.39 is 0 Å². The van der Waals surface area contributed by atoms with E-state index in [1.807, 2.05) is 24.3 Å². The first kappa shape index (κ1) is 17.8. The Morgan fingerprint density at radius 1 is 1.26 bits per heavy atom. The van der Waals surface area contributed by atoms with Gasteiger partial charge in [-0.2, -0.15) is 0 Å². The normalized spacial score (nSPS) is 16.5. The topological polar surface area (TPSA) is 53.6 Å². The van der Waals surface area contributed by atoms with Crippen molar-refractivity contribution in [3.8, 4) is 0 Å². The lowest BCUT2D eigenvalue weighted by Gasteiger charge is -2.33. The van der Waals surface area contributed by atoms with Crippen molar-refractivity contribution in [2.45, 2.75) is 39.3 Å². The second-order valence-electron chi connectivity index (χ2n) is 6.70. The van der Waals surface area contributed by atoms with Crippen molar-refractivity contribution in [3.05, 3.63) is 29.8 Å². The molecule has 2 N–H and O–H groups in total. The van der Waals surface area contributed by atoms with E-state index in [0.717, 1.165) is 43.7 Å². The van der Waals surface area contributed by atoms with Gasteiger partial charge in [-0.05, 0) is 36.5 Å². The Bertz CT molecular complexity index is 480. The smallest absolute Gasteiger partial charge is 0.319 e. The Hall–Kier alpha value is -1.59. The molecule has 5 nitrogen and oxygen atoms in total. The van der Waals surface area contributed by atoms with Gasteiger partial charge in [-0.3, -0.25) is 0 Å². The third kappa shape index (κ3) is 6.20. The Kier molecular flexibility index (Phi) is 6.86. The van der Waals surface area contributed by atoms with Gasteiger partial charge in [0, 0.05) is 38.5 Å². The maximum absolute atomic E-state index is 12.1. The average Bonchev–Trinajstić information content (AvgIpc) is 2.51. The predicted molar refractivity (Wildman–Crippen MR) is 93.6 cm³/mol. The van der Waals surface area contributed by atoms with Crippen LogP contribution in [0.5, 0.6) is 0 Å². The number of carbonyl (C=O) groups excluding carboxylic acids is 1. The number of piperidine rings is 1. The lowest BCUT2D eigenvalue weighted by atomic mass is 10.0. The largest absolute Gasteiger partial charge is 0.380 e. The first-order chi connectivity index (χ1) is 11.1. The first-order valence-corrected chi connectivity index (χ1v) is 8.44. The molecule has 5 heteroatoms. The molecule has 23 heavy (non-hydrogen) atoms. The highest BCUT2D eigenvalue weighted by molar-refractivity contribution is 5.89. The summed E-state index contributed by atoms with van der Waals surface area (Å²) in [5.74, 6) is 0.698. The van der Waals surface area contributed by atoms with E-state index in [1.165, 1.54) is 0 Å². The first-order valence-electron chi connectivity index (χ1n) is 8.44. The number of methoxy groups -OCH3 is 1. The molecule has 2 rings (SSSR count). The molecule has 1 aliphatic heterocycles. The van der Waals surface area contributed by atoms with Crippen molar-refractivity contribution in [2.24, 2.45) is 5.92 Å². The Morgan fingerprint density at radius 3 is 2.48 bits per heavy atom. The van der Waals surface area contributed by atoms with Gasteiger partial charge >= 0.3 is 6.03 Å². The number of anilines is 1. The molecule has 1 saturated heterocycles. The van der Waals surface area contributed by atoms with Crippen LogP contribution in [0.1, 0.15) is 32.3 Å². The van der Waals surface area contributed by atoms with Crippen LogP contribution in [0.15, 0.2) is 24.3 Å². The van der Waals surface area contributed by atoms with Gasteiger partial charge in [-0.1, -0.05) is 26.0 Å². The number of ether oxygens (including phenoxy) is 1. The molecule has 128 valence electrons. The number of nitrogens with one attached hydrogen (secondary N) is 2. The summed E-state index contributed by atoms with van der Waals surface area (Å²) in [6, 6.07) is 7.88. The third-order valence-corrected chi connectivity index (χ3v) is 4.07. The SMILES string of the molecule is COCc1ccc(NC(=O)NC2CCN(CC(C)C)CC2)cc1. The Morgan fingerprint density at radius 2 is 1.91 bits per heavy atom. The van der Waals surface area contributed by atoms with E-state index in [2.05, 4.69) is 29.4 Å². The lowest BCUT2D eigenvalue weighted by Crippen LogP contribution is -2.46. The van der Waals surface area contributed by atoms with E-state index in [-0.39, 0.29) is 12.1 Å². The molecular formula is C18H29N3O2. The van der Waals surface area contributed by atoms with Gasteiger partial charge in [0.05, 0.1) is 6.61 Å². The van der Waals surface area contributed by atoms with Crippen molar-refractivity contribution in [1.29, 1.82) is 0 Å². The second kappa shape index (κ2) is 8.89. The van der Waals surface area contributed by atoms with Gasteiger partial charge in [0.1, 0.15) is 0 Å². The van der Waals surface area contributed by atoms with Crippen LogP contribution in [0.4, 0.5) is 10.5 Å². The molecule has 0 saturated carbocycles. The summed E-state index contributed by atoms with van der Waals surface area (Å²) in [6.45, 7) is 8.35. The van der Waals surface area contributed by atoms with Crippen molar-refractivity contribution in [1.82, 2.24) is 10.2 Å². The molecule has 0 unspecified atom stereocenters. The molecule has 1 fully saturated rings. The highest BCUT2D eigenvalue weighted by Crippen LogP contribution is 2.13. The predicted octanol–water partition coefficient (Wildman–Crippen LogP) is 3.07. The molecular weight excluding hydrogens is 290 g/mol. The standard InChI is InChI=1S/C18H29N3O2/c1-14(2)12-21-10-8-17(9-11-21)20-18(22)19-16-6-4-15(5-7-16)13-23-3/h4-7,14,17H,8-13H2,1-3H3,(H2,19,20,22). The fourth-order valence-corrected chi connectivity index (χ4v) is 2.98. The lowest BCUT2D eigenvalue weighted by molar-refractivity contribution is 0.180. The highest BCUT2D eigenvalue weighted by atomic mass is 16.5. The zero-order valence-corrected chi connectivity index (χ0v) is 14.5. The van der Waals surface area contributed by atoms with Gasteiger partial charge in [0.15, 0.2) is 0 Å². The van der Waals surface area contributed by atoms with Crippen molar-refractivity contribution in [3.63, 3.8) is 0 Å². The van der Waals surface area contributed by atoms with E-state index in [9.17, 15) is 4.79 Å². The molecule has 1 aromatic carbocycles. The van der Waals surface area contributed by atoms with Gasteiger partial charge in [0.25, 0.3) is 0 Å². The summed E-state index contributed by atoms with van der Waals surface area (Å²) in [5, 5.41) is 5.98. The molecule has 0 radical (unpaired) electrons. The minimum absolute atomic E-state index is 0.119. The van der Waals surface area contributed by atoms with E-state index >= 15 is 0 Å². The molecule has 0 bridgehead atoms. The van der Waals surface area contributed by atoms with Crippen LogP contribution >= 0.6 is 0 Å². The fourth-order valence-electron chi connectivity index (χ4n) is 2.98. The van der Waals surface area contributed by atoms with Crippen LogP contribution in [-0.4, -0.2) is 43.7 Å². The van der Waals surface area contributed by atoms with E-state index in [4.69, 9.17) is 4.74 Å². The van der Waals surface area contributed by atoms with Crippen molar-refractivity contribution in [2.75, 3.05) is 32.1 Å². The Labute approximate surface area is 139 Å². The van der Waals surface area contributed by atoms with Gasteiger partial charge in [-0.15, -0.1) is 0 Å². The number of rotatable bonds is 6. The van der Waals surface area contributed by atoms with Crippen molar-refractivity contribution >= 4 is 11.7 Å². The molecule has 1 aliphatic rings. The van der Waals surface area contributed by atoms with Crippen LogP contribution in [0, 0.1) is 5.92 Å². The zero-order chi connectivity index (χ0) is 16.7. The molecule has 0 spiro atoms. The molecule has 1 heterocycles. The van der Waals surface area contributed by atoms with Crippen LogP contribution in [0.25, 0.3) is 0 Å². The number of amides is 2. The van der Waals surface area contributed by atoms with E-state index in [1.54, 1.807) is 7.11 Å². The third-order valence-electron chi connectivity index (χ3n) is 4.07. The minimum atomic E-state index is -0.119. The molecule has 0 aromatic heterocycles. The number of likely N-dealkylation sites (tertiary alicyclic amines) is 1. The second-order valence-corrected chi connectivity index (χ2v) is 6.70. The number of nitrogens with zero attached hydrogens (tertiary/aromatic N) is 1. The van der Waals surface area contributed by atoms with Crippen molar-refractivity contribution < 1.29 is 9.53 Å². The Balaban J connectivity index is 1.73. The minimum Gasteiger partial charge on any atom is -0.380 e. The van der Waals surface area contributed by atoms with E-state index in [0.29, 0.717) is 12.5 Å². The number of benzene rings is 1. The fraction of sp³-hybridized carbons (Fsp3) is 0.611. The maximum Gasteiger partial charge on any atom is 0.319 e. The summed E-state index contributed by atoms with van der Waals surface area (Å²) >= 11 is 0. The quantitative estimate of drug-likeness (QED) is 0.847. The van der Waals surface area contributed by atoms with Crippen LogP contribution < -0.4 is 10.6 Å². The van der Waals surface area contributed by atoms with Gasteiger partial charge < -0.3 is 20.3 Å². The number of hydrogen-bond donors (Lipinski definition) is 2. The number of urea groups is 1. The monoisotopic (exact) mass is 319 g/mol. The highest BCUT2D eigenvalue weighted by Gasteiger charge is 2.20. The van der Waals surface area contributed by atoms with Gasteiger partial charge in [0.2, 0.25) is 0 Å². The zero-order valence-electron chi connectivity index (χ0n) is 14.5. The summed E-state index contributed by atoms with van der Waals surface area (Å²) in [6.07, 6.45) is 2.04. The molecule has 0 atom stereocenters. The summed E-state index contributed by atoms with van der Waals surface area (Å²) in [4.78, 5) is 14.6. The van der Waals surface area contributed by atoms with Crippen LogP contribution in [-0.2, 0) is 11.3 Å². The summed E-state index contributed by atoms with van der Waals surface area (Å²) in [7, 11) is 1.67. The van der Waals surface area contributed by atoms with Crippen LogP contribution in [0.2, 0.25) is 0 Å². The van der Waals surface area contributed by atoms with Gasteiger partial charge in [-0.25, -0.2) is 4.79 Å².